The summed E-state index contributed by atoms with van der Waals surface area (Å²) in [5.74, 6) is 0.194. The number of aryl methyl sites for hydroxylation is 1. The van der Waals surface area contributed by atoms with Crippen LogP contribution in [0.2, 0.25) is 0 Å². The van der Waals surface area contributed by atoms with Gasteiger partial charge in [-0.25, -0.2) is 9.67 Å². The predicted molar refractivity (Wildman–Crippen MR) is 104 cm³/mol. The molecule has 28 heavy (non-hydrogen) atoms. The van der Waals surface area contributed by atoms with E-state index in [1.807, 2.05) is 32.9 Å². The van der Waals surface area contributed by atoms with Crippen molar-refractivity contribution in [2.24, 2.45) is 0 Å². The summed E-state index contributed by atoms with van der Waals surface area (Å²) in [7, 11) is 0. The van der Waals surface area contributed by atoms with Gasteiger partial charge in [-0.1, -0.05) is 6.92 Å². The Bertz CT molecular complexity index is 924. The van der Waals surface area contributed by atoms with Gasteiger partial charge in [0.2, 0.25) is 0 Å². The van der Waals surface area contributed by atoms with Gasteiger partial charge in [0.15, 0.2) is 5.82 Å². The fourth-order valence-corrected chi connectivity index (χ4v) is 2.41. The minimum Gasteiger partial charge on any atom is -0.406 e. The number of nitrogens with zero attached hydrogens (tertiary/aromatic N) is 3. The first-order valence-corrected chi connectivity index (χ1v) is 8.73. The van der Waals surface area contributed by atoms with Gasteiger partial charge in [-0.3, -0.25) is 0 Å². The molecule has 2 rings (SSSR count). The van der Waals surface area contributed by atoms with Crippen molar-refractivity contribution in [2.45, 2.75) is 40.5 Å². The maximum atomic E-state index is 12.5. The molecule has 0 saturated carbocycles. The largest absolute Gasteiger partial charge is 0.573 e. The standard InChI is InChI=1S/C20H23F3N4O/c1-5-13(3)18(10-8-16(6-2)28-20(21,22)23)27-12-25-19(26-27)15-7-9-17(24)14(4)11-15/h6-12H,5,24H2,1-4H3/b10-8-,16-6+,18-13-. The van der Waals surface area contributed by atoms with Crippen LogP contribution in [0.3, 0.4) is 0 Å². The van der Waals surface area contributed by atoms with Crippen molar-refractivity contribution in [3.8, 4) is 11.4 Å². The van der Waals surface area contributed by atoms with E-state index in [-0.39, 0.29) is 5.76 Å². The monoisotopic (exact) mass is 392 g/mol. The molecular formula is C20H23F3N4O. The number of ether oxygens (including phenoxy) is 1. The molecule has 1 aromatic carbocycles. The van der Waals surface area contributed by atoms with Gasteiger partial charge >= 0.3 is 6.36 Å². The Morgan fingerprint density at radius 1 is 1.29 bits per heavy atom. The van der Waals surface area contributed by atoms with E-state index in [2.05, 4.69) is 14.8 Å². The number of allylic oxidation sites excluding steroid dienone is 5. The van der Waals surface area contributed by atoms with E-state index in [1.54, 1.807) is 6.07 Å². The number of aromatic nitrogens is 3. The Morgan fingerprint density at radius 2 is 2.00 bits per heavy atom. The summed E-state index contributed by atoms with van der Waals surface area (Å²) < 4.78 is 42.9. The second-order valence-electron chi connectivity index (χ2n) is 6.18. The number of benzene rings is 1. The predicted octanol–water partition coefficient (Wildman–Crippen LogP) is 5.47. The highest BCUT2D eigenvalue weighted by atomic mass is 19.4. The second kappa shape index (κ2) is 8.77. The van der Waals surface area contributed by atoms with Crippen LogP contribution >= 0.6 is 0 Å². The highest BCUT2D eigenvalue weighted by Crippen LogP contribution is 2.24. The number of hydrogen-bond acceptors (Lipinski definition) is 4. The molecule has 0 saturated heterocycles. The lowest BCUT2D eigenvalue weighted by atomic mass is 10.1. The molecule has 2 aromatic rings. The number of halogens is 3. The van der Waals surface area contributed by atoms with E-state index in [0.29, 0.717) is 23.6 Å². The number of rotatable bonds is 6. The molecule has 0 unspecified atom stereocenters. The Kier molecular flexibility index (Phi) is 6.66. The van der Waals surface area contributed by atoms with Gasteiger partial charge in [0.25, 0.3) is 0 Å². The first-order chi connectivity index (χ1) is 13.1. The zero-order chi connectivity index (χ0) is 20.9. The molecule has 0 spiro atoms. The second-order valence-corrected chi connectivity index (χ2v) is 6.18. The van der Waals surface area contributed by atoms with E-state index in [4.69, 9.17) is 5.73 Å². The summed E-state index contributed by atoms with van der Waals surface area (Å²) in [6.07, 6.45) is 1.51. The van der Waals surface area contributed by atoms with Crippen LogP contribution < -0.4 is 5.73 Å². The molecule has 8 heteroatoms. The van der Waals surface area contributed by atoms with Crippen LogP contribution in [0.4, 0.5) is 18.9 Å². The van der Waals surface area contributed by atoms with Crippen molar-refractivity contribution in [1.29, 1.82) is 0 Å². The maximum Gasteiger partial charge on any atom is 0.573 e. The lowest BCUT2D eigenvalue weighted by Gasteiger charge is -2.10. The summed E-state index contributed by atoms with van der Waals surface area (Å²) in [5, 5.41) is 4.47. The SMILES string of the molecule is C\C=C(/C=C\C(=C(/C)CC)n1cnc(-c2ccc(N)c(C)c2)n1)OC(F)(F)F. The third-order valence-corrected chi connectivity index (χ3v) is 4.16. The third kappa shape index (κ3) is 5.48. The summed E-state index contributed by atoms with van der Waals surface area (Å²) in [6, 6.07) is 5.49. The Balaban J connectivity index is 2.36. The zero-order valence-electron chi connectivity index (χ0n) is 16.2. The van der Waals surface area contributed by atoms with Crippen molar-refractivity contribution in [3.05, 3.63) is 59.7 Å². The quantitative estimate of drug-likeness (QED) is 0.402. The smallest absolute Gasteiger partial charge is 0.406 e. The van der Waals surface area contributed by atoms with E-state index < -0.39 is 6.36 Å². The Labute approximate surface area is 162 Å². The molecular weight excluding hydrogens is 369 g/mol. The third-order valence-electron chi connectivity index (χ3n) is 4.16. The molecule has 0 aliphatic carbocycles. The molecule has 0 aliphatic rings. The minimum absolute atomic E-state index is 0.302. The van der Waals surface area contributed by atoms with Crippen molar-refractivity contribution >= 4 is 11.4 Å². The lowest BCUT2D eigenvalue weighted by Crippen LogP contribution is -2.12. The first kappa shape index (κ1) is 21.3. The van der Waals surface area contributed by atoms with Gasteiger partial charge in [0.05, 0.1) is 5.70 Å². The topological polar surface area (TPSA) is 66.0 Å². The maximum absolute atomic E-state index is 12.5. The lowest BCUT2D eigenvalue weighted by molar-refractivity contribution is -0.303. The molecule has 5 nitrogen and oxygen atoms in total. The number of alkyl halides is 3. The van der Waals surface area contributed by atoms with Crippen LogP contribution in [0.5, 0.6) is 0 Å². The van der Waals surface area contributed by atoms with Crippen LogP contribution in [0.25, 0.3) is 17.1 Å². The highest BCUT2D eigenvalue weighted by molar-refractivity contribution is 5.64. The Hall–Kier alpha value is -3.03. The fraction of sp³-hybridized carbons (Fsp3) is 0.300. The van der Waals surface area contributed by atoms with Gasteiger partial charge in [0, 0.05) is 11.3 Å². The summed E-state index contributed by atoms with van der Waals surface area (Å²) in [6.45, 7) is 7.20. The van der Waals surface area contributed by atoms with Crippen molar-refractivity contribution < 1.29 is 17.9 Å². The first-order valence-electron chi connectivity index (χ1n) is 8.73. The molecule has 1 aromatic heterocycles. The van der Waals surface area contributed by atoms with Gasteiger partial charge in [-0.15, -0.1) is 18.3 Å². The highest BCUT2D eigenvalue weighted by Gasteiger charge is 2.31. The van der Waals surface area contributed by atoms with Crippen LogP contribution in [-0.4, -0.2) is 21.1 Å². The van der Waals surface area contributed by atoms with Crippen LogP contribution in [0.15, 0.2) is 54.1 Å². The number of hydrogen-bond donors (Lipinski definition) is 1. The van der Waals surface area contributed by atoms with E-state index in [0.717, 1.165) is 16.7 Å². The van der Waals surface area contributed by atoms with E-state index in [9.17, 15) is 13.2 Å². The average molecular weight is 392 g/mol. The van der Waals surface area contributed by atoms with Crippen LogP contribution in [-0.2, 0) is 4.74 Å². The van der Waals surface area contributed by atoms with E-state index in [1.165, 1.54) is 36.2 Å². The molecule has 1 heterocycles. The van der Waals surface area contributed by atoms with Crippen molar-refractivity contribution in [1.82, 2.24) is 14.8 Å². The number of nitrogens with two attached hydrogens (primary N) is 1. The van der Waals surface area contributed by atoms with Gasteiger partial charge in [-0.05, 0) is 74.8 Å². The van der Waals surface area contributed by atoms with Gasteiger partial charge in [0.1, 0.15) is 12.1 Å². The molecule has 0 amide bonds. The number of anilines is 1. The molecule has 150 valence electrons. The molecule has 2 N–H and O–H groups in total. The zero-order valence-corrected chi connectivity index (χ0v) is 16.2. The normalized spacial score (nSPS) is 13.8. The number of nitrogen functional groups attached to an aromatic ring is 1. The van der Waals surface area contributed by atoms with Crippen LogP contribution in [0, 0.1) is 6.92 Å². The van der Waals surface area contributed by atoms with Crippen LogP contribution in [0.1, 0.15) is 32.8 Å². The summed E-state index contributed by atoms with van der Waals surface area (Å²) in [5.41, 5.74) is 9.79. The van der Waals surface area contributed by atoms with Gasteiger partial charge in [-0.2, -0.15) is 0 Å². The van der Waals surface area contributed by atoms with Gasteiger partial charge < -0.3 is 10.5 Å². The molecule has 0 fully saturated rings. The summed E-state index contributed by atoms with van der Waals surface area (Å²) in [4.78, 5) is 4.32. The average Bonchev–Trinajstić information content (AvgIpc) is 3.11. The Morgan fingerprint density at radius 3 is 2.57 bits per heavy atom. The van der Waals surface area contributed by atoms with Crippen molar-refractivity contribution in [2.75, 3.05) is 5.73 Å². The molecule has 0 atom stereocenters. The van der Waals surface area contributed by atoms with E-state index >= 15 is 0 Å². The minimum atomic E-state index is -4.75. The molecule has 0 radical (unpaired) electrons. The summed E-state index contributed by atoms with van der Waals surface area (Å²) >= 11 is 0. The van der Waals surface area contributed by atoms with Crippen molar-refractivity contribution in [3.63, 3.8) is 0 Å². The fourth-order valence-electron chi connectivity index (χ4n) is 2.41. The molecule has 0 aliphatic heterocycles. The molecule has 0 bridgehead atoms.